The summed E-state index contributed by atoms with van der Waals surface area (Å²) in [5.41, 5.74) is -1.66. The lowest BCUT2D eigenvalue weighted by Crippen LogP contribution is -2.61. The topological polar surface area (TPSA) is 107 Å². The van der Waals surface area contributed by atoms with Crippen LogP contribution in [0.5, 0.6) is 0 Å². The summed E-state index contributed by atoms with van der Waals surface area (Å²) in [6.45, 7) is 14.9. The molecular formula is C25H40N2O6. The molecule has 2 bridgehead atoms. The summed E-state index contributed by atoms with van der Waals surface area (Å²) in [6, 6.07) is -0.873. The number of carboxylic acids is 1. The first-order valence-corrected chi connectivity index (χ1v) is 12.0. The van der Waals surface area contributed by atoms with E-state index in [4.69, 9.17) is 4.74 Å². The smallest absolute Gasteiger partial charge is 0.310 e. The molecule has 8 heteroatoms. The molecule has 3 fully saturated rings. The Labute approximate surface area is 196 Å². The molecule has 0 aromatic rings. The van der Waals surface area contributed by atoms with Crippen LogP contribution in [0.2, 0.25) is 0 Å². The van der Waals surface area contributed by atoms with E-state index in [0.29, 0.717) is 32.2 Å². The third-order valence-corrected chi connectivity index (χ3v) is 7.40. The van der Waals surface area contributed by atoms with Crippen LogP contribution in [0.25, 0.3) is 0 Å². The van der Waals surface area contributed by atoms with E-state index in [0.717, 1.165) is 6.42 Å². The number of carbonyl (C=O) groups is 3. The number of carbonyl (C=O) groups excluding carboxylic acids is 2. The average Bonchev–Trinajstić information content (AvgIpc) is 3.31. The fourth-order valence-electron chi connectivity index (χ4n) is 6.65. The SMILES string of the molecule is C=CCN(C(=O)[C@H]1N(CCCCO)C(=O)[C@@H]2[C@@H](C(=O)O)[C@H]3CC[C@]21O3)C(C)(C)CC(C)(C)C. The van der Waals surface area contributed by atoms with Crippen molar-refractivity contribution in [3.05, 3.63) is 12.7 Å². The maximum absolute atomic E-state index is 14.3. The molecule has 0 aromatic carbocycles. The van der Waals surface area contributed by atoms with E-state index >= 15 is 0 Å². The normalized spacial score (nSPS) is 31.1. The fraction of sp³-hybridized carbons (Fsp3) is 0.800. The average molecular weight is 465 g/mol. The zero-order valence-corrected chi connectivity index (χ0v) is 20.7. The van der Waals surface area contributed by atoms with E-state index in [1.165, 1.54) is 0 Å². The van der Waals surface area contributed by atoms with Gasteiger partial charge in [0.15, 0.2) is 0 Å². The molecule has 0 unspecified atom stereocenters. The number of unbranched alkanes of at least 4 members (excludes halogenated alkanes) is 1. The van der Waals surface area contributed by atoms with Gasteiger partial charge >= 0.3 is 5.97 Å². The maximum atomic E-state index is 14.3. The highest BCUT2D eigenvalue weighted by atomic mass is 16.5. The van der Waals surface area contributed by atoms with Gasteiger partial charge in [-0.1, -0.05) is 26.8 Å². The van der Waals surface area contributed by atoms with Crippen molar-refractivity contribution in [3.8, 4) is 0 Å². The molecule has 8 nitrogen and oxygen atoms in total. The summed E-state index contributed by atoms with van der Waals surface area (Å²) in [5.74, 6) is -3.35. The number of aliphatic hydroxyl groups is 1. The summed E-state index contributed by atoms with van der Waals surface area (Å²) >= 11 is 0. The molecule has 3 heterocycles. The van der Waals surface area contributed by atoms with Gasteiger partial charge in [-0.3, -0.25) is 14.4 Å². The molecule has 0 saturated carbocycles. The van der Waals surface area contributed by atoms with Gasteiger partial charge in [-0.15, -0.1) is 6.58 Å². The summed E-state index contributed by atoms with van der Waals surface area (Å²) in [5, 5.41) is 19.1. The fourth-order valence-corrected chi connectivity index (χ4v) is 6.65. The van der Waals surface area contributed by atoms with Gasteiger partial charge in [-0.2, -0.15) is 0 Å². The number of fused-ring (bicyclic) bond motifs is 1. The third-order valence-electron chi connectivity index (χ3n) is 7.40. The van der Waals surface area contributed by atoms with Gasteiger partial charge in [0.05, 0.1) is 17.9 Å². The number of carboxylic acid groups (broad SMARTS) is 1. The quantitative estimate of drug-likeness (QED) is 0.380. The molecular weight excluding hydrogens is 424 g/mol. The zero-order chi connectivity index (χ0) is 24.8. The number of rotatable bonds is 10. The second-order valence-electron chi connectivity index (χ2n) is 11.6. The van der Waals surface area contributed by atoms with Crippen molar-refractivity contribution >= 4 is 17.8 Å². The number of aliphatic hydroxyl groups excluding tert-OH is 1. The van der Waals surface area contributed by atoms with Crippen molar-refractivity contribution in [2.75, 3.05) is 19.7 Å². The number of hydrogen-bond donors (Lipinski definition) is 2. The van der Waals surface area contributed by atoms with Crippen molar-refractivity contribution in [1.82, 2.24) is 9.80 Å². The summed E-state index contributed by atoms with van der Waals surface area (Å²) in [6.07, 6.45) is 3.94. The van der Waals surface area contributed by atoms with E-state index in [1.807, 2.05) is 13.8 Å². The molecule has 3 aliphatic heterocycles. The van der Waals surface area contributed by atoms with Gasteiger partial charge in [-0.25, -0.2) is 0 Å². The number of ether oxygens (including phenoxy) is 1. The van der Waals surface area contributed by atoms with Crippen LogP contribution in [0.3, 0.4) is 0 Å². The highest BCUT2D eigenvalue weighted by Gasteiger charge is 2.75. The van der Waals surface area contributed by atoms with Gasteiger partial charge in [0.25, 0.3) is 0 Å². The Kier molecular flexibility index (Phi) is 7.02. The Morgan fingerprint density at radius 3 is 2.48 bits per heavy atom. The minimum absolute atomic E-state index is 0.00720. The Morgan fingerprint density at radius 2 is 1.94 bits per heavy atom. The van der Waals surface area contributed by atoms with Gasteiger partial charge in [0.2, 0.25) is 11.8 Å². The number of amides is 2. The Morgan fingerprint density at radius 1 is 1.27 bits per heavy atom. The van der Waals surface area contributed by atoms with Crippen LogP contribution in [-0.4, -0.2) is 80.8 Å². The summed E-state index contributed by atoms with van der Waals surface area (Å²) < 4.78 is 6.27. The molecule has 33 heavy (non-hydrogen) atoms. The molecule has 3 saturated heterocycles. The first-order chi connectivity index (χ1) is 15.3. The second-order valence-corrected chi connectivity index (χ2v) is 11.6. The van der Waals surface area contributed by atoms with E-state index in [2.05, 4.69) is 27.4 Å². The van der Waals surface area contributed by atoms with Crippen LogP contribution in [-0.2, 0) is 19.1 Å². The predicted octanol–water partition coefficient (Wildman–Crippen LogP) is 2.45. The number of likely N-dealkylation sites (tertiary alicyclic amines) is 1. The molecule has 0 aliphatic carbocycles. The first kappa shape index (κ1) is 25.7. The summed E-state index contributed by atoms with van der Waals surface area (Å²) in [7, 11) is 0. The van der Waals surface area contributed by atoms with Crippen LogP contribution in [0.1, 0.15) is 66.7 Å². The van der Waals surface area contributed by atoms with Crippen molar-refractivity contribution in [2.45, 2.75) is 90.0 Å². The number of nitrogens with zero attached hydrogens (tertiary/aromatic N) is 2. The lowest BCUT2D eigenvalue weighted by atomic mass is 9.70. The van der Waals surface area contributed by atoms with Gasteiger partial charge in [0, 0.05) is 25.2 Å². The third kappa shape index (κ3) is 4.44. The molecule has 5 atom stereocenters. The highest BCUT2D eigenvalue weighted by Crippen LogP contribution is 2.58. The van der Waals surface area contributed by atoms with Gasteiger partial charge in [-0.05, 0) is 51.4 Å². The molecule has 2 N–H and O–H groups in total. The Hall–Kier alpha value is -1.93. The molecule has 0 aromatic heterocycles. The van der Waals surface area contributed by atoms with Crippen molar-refractivity contribution in [1.29, 1.82) is 0 Å². The lowest BCUT2D eigenvalue weighted by Gasteiger charge is -2.45. The largest absolute Gasteiger partial charge is 0.481 e. The first-order valence-electron chi connectivity index (χ1n) is 12.0. The summed E-state index contributed by atoms with van der Waals surface area (Å²) in [4.78, 5) is 43.3. The minimum Gasteiger partial charge on any atom is -0.481 e. The number of aliphatic carboxylic acids is 1. The highest BCUT2D eigenvalue weighted by molar-refractivity contribution is 5.98. The molecule has 1 spiro atoms. The lowest BCUT2D eigenvalue weighted by molar-refractivity contribution is -0.153. The second kappa shape index (κ2) is 9.02. The molecule has 2 amide bonds. The van der Waals surface area contributed by atoms with Gasteiger partial charge < -0.3 is 24.7 Å². The van der Waals surface area contributed by atoms with Gasteiger partial charge in [0.1, 0.15) is 11.6 Å². The standard InChI is InChI=1S/C25H40N2O6/c1-7-12-27(24(5,6)15-23(2,3)4)21(30)19-25-11-10-16(33-25)17(22(31)32)18(25)20(29)26(19)13-8-9-14-28/h7,16-19,28H,1,8-15H2,2-6H3,(H,31,32)/t16-,17+,18+,19-,25+/m1/s1. The van der Waals surface area contributed by atoms with Crippen molar-refractivity contribution in [2.24, 2.45) is 17.3 Å². The predicted molar refractivity (Wildman–Crippen MR) is 123 cm³/mol. The molecule has 3 aliphatic rings. The van der Waals surface area contributed by atoms with E-state index < -0.39 is 41.1 Å². The van der Waals surface area contributed by atoms with Crippen LogP contribution in [0, 0.1) is 17.3 Å². The van der Waals surface area contributed by atoms with Crippen LogP contribution >= 0.6 is 0 Å². The monoisotopic (exact) mass is 464 g/mol. The van der Waals surface area contributed by atoms with E-state index in [9.17, 15) is 24.6 Å². The molecule has 0 radical (unpaired) electrons. The zero-order valence-electron chi connectivity index (χ0n) is 20.7. The van der Waals surface area contributed by atoms with E-state index in [1.54, 1.807) is 15.9 Å². The Bertz CT molecular complexity index is 803. The Balaban J connectivity index is 2.03. The molecule has 3 rings (SSSR count). The van der Waals surface area contributed by atoms with Crippen LogP contribution < -0.4 is 0 Å². The van der Waals surface area contributed by atoms with Crippen molar-refractivity contribution < 1.29 is 29.3 Å². The van der Waals surface area contributed by atoms with Crippen LogP contribution in [0.4, 0.5) is 0 Å². The van der Waals surface area contributed by atoms with Crippen molar-refractivity contribution in [3.63, 3.8) is 0 Å². The van der Waals surface area contributed by atoms with Crippen LogP contribution in [0.15, 0.2) is 12.7 Å². The maximum Gasteiger partial charge on any atom is 0.310 e. The van der Waals surface area contributed by atoms with E-state index in [-0.39, 0.29) is 30.4 Å². The molecule has 186 valence electrons. The number of hydrogen-bond acceptors (Lipinski definition) is 5. The minimum atomic E-state index is -1.11.